The number of imidazole rings is 1. The molecule has 132 valence electrons. The predicted molar refractivity (Wildman–Crippen MR) is 104 cm³/mol. The van der Waals surface area contributed by atoms with Gasteiger partial charge in [-0.2, -0.15) is 0 Å². The molecule has 2 aromatic carbocycles. The maximum Gasteiger partial charge on any atom is 0.316 e. The maximum atomic E-state index is 12.4. The topological polar surface area (TPSA) is 72.7 Å². The molecule has 1 N–H and O–H groups in total. The van der Waals surface area contributed by atoms with Gasteiger partial charge in [-0.25, -0.2) is 4.98 Å². The Morgan fingerprint density at radius 3 is 2.23 bits per heavy atom. The standard InChI is InChI=1S/C19H17ClN4O2/c1-3-23-15-9-13-14(10-16(15)24(4-2)19(26)18(23)25)22-17(21-13)11-7-5-6-8-12(11)20/h5-10H,3-4H2,1-2H3,(H,21,22). The zero-order valence-electron chi connectivity index (χ0n) is 14.4. The highest BCUT2D eigenvalue weighted by Crippen LogP contribution is 2.28. The average Bonchev–Trinajstić information content (AvgIpc) is 3.05. The van der Waals surface area contributed by atoms with Crippen molar-refractivity contribution in [2.45, 2.75) is 26.9 Å². The van der Waals surface area contributed by atoms with Gasteiger partial charge in [-0.1, -0.05) is 23.7 Å². The van der Waals surface area contributed by atoms with Crippen molar-refractivity contribution in [1.29, 1.82) is 0 Å². The lowest BCUT2D eigenvalue weighted by Gasteiger charge is -2.12. The Hall–Kier alpha value is -2.86. The third-order valence-electron chi connectivity index (χ3n) is 4.59. The van der Waals surface area contributed by atoms with E-state index in [0.29, 0.717) is 35.0 Å². The molecule has 0 saturated carbocycles. The quantitative estimate of drug-likeness (QED) is 0.563. The molecule has 6 nitrogen and oxygen atoms in total. The van der Waals surface area contributed by atoms with Gasteiger partial charge >= 0.3 is 11.1 Å². The number of aromatic nitrogens is 4. The SMILES string of the molecule is CCn1c(=O)c(=O)n(CC)c2cc3[nH]c(-c4ccccc4Cl)nc3cc21. The van der Waals surface area contributed by atoms with Gasteiger partial charge in [0.05, 0.1) is 27.1 Å². The fourth-order valence-electron chi connectivity index (χ4n) is 3.33. The number of nitrogens with zero attached hydrogens (tertiary/aromatic N) is 3. The molecule has 0 fully saturated rings. The van der Waals surface area contributed by atoms with Crippen LogP contribution in [0.5, 0.6) is 0 Å². The second kappa shape index (κ2) is 6.14. The summed E-state index contributed by atoms with van der Waals surface area (Å²) in [4.78, 5) is 32.7. The van der Waals surface area contributed by atoms with Gasteiger partial charge in [0.25, 0.3) is 0 Å². The van der Waals surface area contributed by atoms with E-state index in [-0.39, 0.29) is 0 Å². The first-order valence-electron chi connectivity index (χ1n) is 8.47. The van der Waals surface area contributed by atoms with Crippen LogP contribution >= 0.6 is 11.6 Å². The number of halogens is 1. The molecule has 0 radical (unpaired) electrons. The molecule has 0 aliphatic heterocycles. The van der Waals surface area contributed by atoms with Gasteiger partial charge in [-0.15, -0.1) is 0 Å². The van der Waals surface area contributed by atoms with Crippen molar-refractivity contribution in [3.8, 4) is 11.4 Å². The van der Waals surface area contributed by atoms with Gasteiger partial charge in [0, 0.05) is 18.7 Å². The van der Waals surface area contributed by atoms with Crippen molar-refractivity contribution in [2.75, 3.05) is 0 Å². The van der Waals surface area contributed by atoms with E-state index in [4.69, 9.17) is 11.6 Å². The van der Waals surface area contributed by atoms with Crippen LogP contribution in [0.4, 0.5) is 0 Å². The lowest BCUT2D eigenvalue weighted by molar-refractivity contribution is 0.683. The van der Waals surface area contributed by atoms with Crippen molar-refractivity contribution in [2.24, 2.45) is 0 Å². The van der Waals surface area contributed by atoms with E-state index in [1.165, 1.54) is 9.13 Å². The monoisotopic (exact) mass is 368 g/mol. The summed E-state index contributed by atoms with van der Waals surface area (Å²) in [6.07, 6.45) is 0. The van der Waals surface area contributed by atoms with Crippen LogP contribution in [-0.2, 0) is 13.1 Å². The Morgan fingerprint density at radius 1 is 1.00 bits per heavy atom. The van der Waals surface area contributed by atoms with Crippen LogP contribution in [0.2, 0.25) is 5.02 Å². The minimum atomic E-state index is -0.511. The summed E-state index contributed by atoms with van der Waals surface area (Å²) in [5.41, 5.74) is 2.69. The van der Waals surface area contributed by atoms with E-state index >= 15 is 0 Å². The molecule has 4 aromatic rings. The fourth-order valence-corrected chi connectivity index (χ4v) is 3.55. The largest absolute Gasteiger partial charge is 0.338 e. The normalized spacial score (nSPS) is 11.5. The van der Waals surface area contributed by atoms with E-state index in [1.807, 2.05) is 50.2 Å². The first-order valence-corrected chi connectivity index (χ1v) is 8.85. The van der Waals surface area contributed by atoms with Gasteiger partial charge < -0.3 is 14.1 Å². The van der Waals surface area contributed by atoms with Crippen LogP contribution < -0.4 is 11.1 Å². The van der Waals surface area contributed by atoms with Gasteiger partial charge in [-0.3, -0.25) is 9.59 Å². The molecule has 0 bridgehead atoms. The molecular formula is C19H17ClN4O2. The highest BCUT2D eigenvalue weighted by atomic mass is 35.5. The van der Waals surface area contributed by atoms with E-state index in [9.17, 15) is 9.59 Å². The van der Waals surface area contributed by atoms with Gasteiger partial charge in [0.15, 0.2) is 0 Å². The van der Waals surface area contributed by atoms with Crippen LogP contribution in [-0.4, -0.2) is 19.1 Å². The van der Waals surface area contributed by atoms with Crippen LogP contribution in [0.15, 0.2) is 46.0 Å². The van der Waals surface area contributed by atoms with Crippen molar-refractivity contribution in [3.05, 3.63) is 62.1 Å². The number of fused-ring (bicyclic) bond motifs is 2. The second-order valence-corrected chi connectivity index (χ2v) is 6.43. The zero-order chi connectivity index (χ0) is 18.4. The molecule has 2 aromatic heterocycles. The third kappa shape index (κ3) is 2.37. The molecule has 26 heavy (non-hydrogen) atoms. The lowest BCUT2D eigenvalue weighted by Crippen LogP contribution is -2.41. The first-order chi connectivity index (χ1) is 12.5. The number of nitrogens with one attached hydrogen (secondary N) is 1. The first kappa shape index (κ1) is 16.6. The molecule has 7 heteroatoms. The summed E-state index contributed by atoms with van der Waals surface area (Å²) in [6.45, 7) is 4.54. The summed E-state index contributed by atoms with van der Waals surface area (Å²) in [5.74, 6) is 0.650. The van der Waals surface area contributed by atoms with Crippen LogP contribution in [0.25, 0.3) is 33.5 Å². The van der Waals surface area contributed by atoms with Crippen molar-refractivity contribution in [1.82, 2.24) is 19.1 Å². The number of H-pyrrole nitrogens is 1. The number of aryl methyl sites for hydroxylation is 2. The highest BCUT2D eigenvalue weighted by molar-refractivity contribution is 6.33. The number of hydrogen-bond acceptors (Lipinski definition) is 3. The highest BCUT2D eigenvalue weighted by Gasteiger charge is 2.15. The average molecular weight is 369 g/mol. The zero-order valence-corrected chi connectivity index (χ0v) is 15.2. The molecule has 0 atom stereocenters. The van der Waals surface area contributed by atoms with E-state index in [2.05, 4.69) is 9.97 Å². The third-order valence-corrected chi connectivity index (χ3v) is 4.92. The van der Waals surface area contributed by atoms with Gasteiger partial charge in [0.2, 0.25) is 0 Å². The molecular weight excluding hydrogens is 352 g/mol. The molecule has 0 spiro atoms. The number of benzene rings is 2. The summed E-state index contributed by atoms with van der Waals surface area (Å²) in [6, 6.07) is 11.2. The number of aromatic amines is 1. The number of rotatable bonds is 3. The summed E-state index contributed by atoms with van der Waals surface area (Å²) < 4.78 is 2.99. The Balaban J connectivity index is 2.09. The van der Waals surface area contributed by atoms with Gasteiger partial charge in [0.1, 0.15) is 5.82 Å². The van der Waals surface area contributed by atoms with E-state index < -0.39 is 11.1 Å². The Bertz CT molecular complexity index is 1190. The van der Waals surface area contributed by atoms with Crippen LogP contribution in [0.1, 0.15) is 13.8 Å². The molecule has 0 saturated heterocycles. The molecule has 0 aliphatic carbocycles. The molecule has 0 amide bonds. The summed E-state index contributed by atoms with van der Waals surface area (Å²) in [5, 5.41) is 0.604. The minimum absolute atomic E-state index is 0.419. The smallest absolute Gasteiger partial charge is 0.316 e. The van der Waals surface area contributed by atoms with Gasteiger partial charge in [-0.05, 0) is 38.1 Å². The van der Waals surface area contributed by atoms with Crippen molar-refractivity contribution >= 4 is 33.7 Å². The van der Waals surface area contributed by atoms with Crippen LogP contribution in [0.3, 0.4) is 0 Å². The Labute approximate surface area is 153 Å². The summed E-state index contributed by atoms with van der Waals surface area (Å²) >= 11 is 6.28. The predicted octanol–water partition coefficient (Wildman–Crippen LogP) is 3.40. The lowest BCUT2D eigenvalue weighted by atomic mass is 10.2. The Kier molecular flexibility index (Phi) is 3.92. The molecule has 0 unspecified atom stereocenters. The molecule has 2 heterocycles. The van der Waals surface area contributed by atoms with Crippen molar-refractivity contribution in [3.63, 3.8) is 0 Å². The molecule has 0 aliphatic rings. The van der Waals surface area contributed by atoms with Crippen molar-refractivity contribution < 1.29 is 0 Å². The van der Waals surface area contributed by atoms with E-state index in [0.717, 1.165) is 16.6 Å². The maximum absolute atomic E-state index is 12.4. The van der Waals surface area contributed by atoms with Crippen LogP contribution in [0, 0.1) is 0 Å². The molecule has 4 rings (SSSR count). The number of hydrogen-bond donors (Lipinski definition) is 1. The fraction of sp³-hybridized carbons (Fsp3) is 0.211. The second-order valence-electron chi connectivity index (χ2n) is 6.02. The summed E-state index contributed by atoms with van der Waals surface area (Å²) in [7, 11) is 0. The van der Waals surface area contributed by atoms with E-state index in [1.54, 1.807) is 0 Å². The Morgan fingerprint density at radius 2 is 1.62 bits per heavy atom. The minimum Gasteiger partial charge on any atom is -0.338 e.